The van der Waals surface area contributed by atoms with E-state index in [1.165, 1.54) is 0 Å². The predicted molar refractivity (Wildman–Crippen MR) is 118 cm³/mol. The van der Waals surface area contributed by atoms with Gasteiger partial charge in [-0.2, -0.15) is 0 Å². The monoisotopic (exact) mass is 452 g/mol. The topological polar surface area (TPSA) is 49.7 Å². The van der Waals surface area contributed by atoms with Gasteiger partial charge in [0, 0.05) is 18.3 Å². The number of aliphatic hydroxyl groups is 2. The van der Waals surface area contributed by atoms with Crippen molar-refractivity contribution in [2.24, 2.45) is 45.8 Å². The molecule has 0 aromatic carbocycles. The first-order valence-electron chi connectivity index (χ1n) is 13.3. The van der Waals surface area contributed by atoms with Crippen LogP contribution in [0.3, 0.4) is 0 Å². The molecule has 11 atom stereocenters. The van der Waals surface area contributed by atoms with Crippen molar-refractivity contribution in [3.63, 3.8) is 0 Å². The smallest absolute Gasteiger partial charge is 0.250 e. The van der Waals surface area contributed by atoms with Gasteiger partial charge in [0.05, 0.1) is 23.9 Å². The third-order valence-corrected chi connectivity index (χ3v) is 12.2. The minimum absolute atomic E-state index is 0.0170. The van der Waals surface area contributed by atoms with Crippen molar-refractivity contribution >= 4 is 0 Å². The van der Waals surface area contributed by atoms with Gasteiger partial charge in [0.15, 0.2) is 0 Å². The summed E-state index contributed by atoms with van der Waals surface area (Å²) in [7, 11) is 0. The Hall–Kier alpha value is -0.260. The molecule has 6 aliphatic rings. The zero-order valence-corrected chi connectivity index (χ0v) is 20.2. The van der Waals surface area contributed by atoms with Gasteiger partial charge in [0.1, 0.15) is 0 Å². The molecule has 182 valence electrons. The van der Waals surface area contributed by atoms with Crippen LogP contribution in [0.5, 0.6) is 0 Å². The number of aliphatic hydroxyl groups excluding tert-OH is 1. The largest absolute Gasteiger partial charge is 0.393 e. The highest BCUT2D eigenvalue weighted by atomic mass is 19.3. The maximum Gasteiger partial charge on any atom is 0.250 e. The maximum atomic E-state index is 14.6. The van der Waals surface area contributed by atoms with Gasteiger partial charge >= 0.3 is 0 Å². The van der Waals surface area contributed by atoms with Crippen LogP contribution in [-0.2, 0) is 4.74 Å². The number of rotatable bonds is 2. The van der Waals surface area contributed by atoms with Gasteiger partial charge in [-0.15, -0.1) is 0 Å². The molecule has 3 nitrogen and oxygen atoms in total. The minimum Gasteiger partial charge on any atom is -0.393 e. The predicted octanol–water partition coefficient (Wildman–Crippen LogP) is 5.57. The van der Waals surface area contributed by atoms with E-state index in [4.69, 9.17) is 4.74 Å². The molecule has 11 unspecified atom stereocenters. The molecule has 0 amide bonds. The minimum atomic E-state index is -2.50. The second-order valence-electron chi connectivity index (χ2n) is 13.7. The second kappa shape index (κ2) is 6.49. The molecule has 32 heavy (non-hydrogen) atoms. The van der Waals surface area contributed by atoms with E-state index in [1.54, 1.807) is 0 Å². The van der Waals surface area contributed by atoms with E-state index in [1.807, 2.05) is 20.8 Å². The lowest BCUT2D eigenvalue weighted by atomic mass is 9.48. The molecular weight excluding hydrogens is 410 g/mol. The highest BCUT2D eigenvalue weighted by Crippen LogP contribution is 2.86. The van der Waals surface area contributed by atoms with Crippen LogP contribution in [0.4, 0.5) is 8.78 Å². The van der Waals surface area contributed by atoms with Gasteiger partial charge in [-0.1, -0.05) is 13.8 Å². The van der Waals surface area contributed by atoms with E-state index in [9.17, 15) is 19.0 Å². The second-order valence-corrected chi connectivity index (χ2v) is 13.7. The van der Waals surface area contributed by atoms with Crippen molar-refractivity contribution < 1.29 is 23.7 Å². The van der Waals surface area contributed by atoms with Gasteiger partial charge in [0.25, 0.3) is 5.92 Å². The van der Waals surface area contributed by atoms with Crippen molar-refractivity contribution in [1.82, 2.24) is 0 Å². The lowest BCUT2D eigenvalue weighted by molar-refractivity contribution is -0.165. The van der Waals surface area contributed by atoms with E-state index in [0.29, 0.717) is 18.3 Å². The summed E-state index contributed by atoms with van der Waals surface area (Å²) in [5, 5.41) is 21.8. The van der Waals surface area contributed by atoms with Gasteiger partial charge < -0.3 is 14.9 Å². The Morgan fingerprint density at radius 3 is 2.25 bits per heavy atom. The van der Waals surface area contributed by atoms with Crippen LogP contribution in [-0.4, -0.2) is 40.0 Å². The summed E-state index contributed by atoms with van der Waals surface area (Å²) in [5.41, 5.74) is -0.397. The summed E-state index contributed by atoms with van der Waals surface area (Å²) < 4.78 is 35.6. The standard InChI is InChI=1S/C27H42F2O3/c1-15-16-5-6-17-18-13-19(30)22(20-7-8-21(32-20)23(2,3)31)24(18,4)9-10-26(17)14-25(16,26)11-12-27(15,28)29/h15-22,30-31H,5-14H2,1-4H3. The Labute approximate surface area is 191 Å². The lowest BCUT2D eigenvalue weighted by Gasteiger charge is -2.57. The van der Waals surface area contributed by atoms with Gasteiger partial charge in [-0.25, -0.2) is 8.78 Å². The maximum absolute atomic E-state index is 14.6. The fraction of sp³-hybridized carbons (Fsp3) is 1.00. The van der Waals surface area contributed by atoms with Crippen LogP contribution < -0.4 is 0 Å². The van der Waals surface area contributed by atoms with Crippen LogP contribution in [0.2, 0.25) is 0 Å². The van der Waals surface area contributed by atoms with Crippen molar-refractivity contribution in [2.75, 3.05) is 0 Å². The fourth-order valence-corrected chi connectivity index (χ4v) is 10.7. The summed E-state index contributed by atoms with van der Waals surface area (Å²) >= 11 is 0. The first-order chi connectivity index (χ1) is 14.9. The molecular formula is C27H42F2O3. The first-order valence-corrected chi connectivity index (χ1v) is 13.3. The molecule has 5 heteroatoms. The Balaban J connectivity index is 1.26. The van der Waals surface area contributed by atoms with Crippen LogP contribution >= 0.6 is 0 Å². The lowest BCUT2D eigenvalue weighted by Crippen LogP contribution is -2.53. The van der Waals surface area contributed by atoms with E-state index in [0.717, 1.165) is 51.4 Å². The van der Waals surface area contributed by atoms with Crippen LogP contribution in [0, 0.1) is 45.8 Å². The summed E-state index contributed by atoms with van der Waals surface area (Å²) in [6.45, 7) is 7.85. The molecule has 6 rings (SSSR count). The van der Waals surface area contributed by atoms with Crippen LogP contribution in [0.1, 0.15) is 91.9 Å². The quantitative estimate of drug-likeness (QED) is 0.576. The molecule has 0 aromatic rings. The summed E-state index contributed by atoms with van der Waals surface area (Å²) in [4.78, 5) is 0. The zero-order valence-electron chi connectivity index (χ0n) is 20.2. The first kappa shape index (κ1) is 22.2. The van der Waals surface area contributed by atoms with Crippen molar-refractivity contribution in [2.45, 2.75) is 122 Å². The van der Waals surface area contributed by atoms with Crippen molar-refractivity contribution in [3.8, 4) is 0 Å². The zero-order chi connectivity index (χ0) is 22.9. The van der Waals surface area contributed by atoms with Crippen LogP contribution in [0.15, 0.2) is 0 Å². The highest BCUT2D eigenvalue weighted by molar-refractivity contribution is 5.28. The molecule has 0 radical (unpaired) electrons. The van der Waals surface area contributed by atoms with Crippen molar-refractivity contribution in [3.05, 3.63) is 0 Å². The number of hydrogen-bond acceptors (Lipinski definition) is 3. The van der Waals surface area contributed by atoms with Crippen LogP contribution in [0.25, 0.3) is 0 Å². The van der Waals surface area contributed by atoms with E-state index in [2.05, 4.69) is 6.92 Å². The Kier molecular flexibility index (Phi) is 4.50. The van der Waals surface area contributed by atoms with Gasteiger partial charge in [0.2, 0.25) is 0 Å². The molecule has 5 aliphatic carbocycles. The van der Waals surface area contributed by atoms with E-state index in [-0.39, 0.29) is 52.8 Å². The molecule has 1 heterocycles. The average Bonchev–Trinajstić information content (AvgIpc) is 2.96. The Bertz CT molecular complexity index is 794. The van der Waals surface area contributed by atoms with Gasteiger partial charge in [-0.05, 0) is 106 Å². The average molecular weight is 453 g/mol. The number of alkyl halides is 2. The van der Waals surface area contributed by atoms with E-state index >= 15 is 0 Å². The van der Waals surface area contributed by atoms with Gasteiger partial charge in [-0.3, -0.25) is 0 Å². The highest BCUT2D eigenvalue weighted by Gasteiger charge is 2.80. The number of ether oxygens (including phenoxy) is 1. The van der Waals surface area contributed by atoms with Crippen molar-refractivity contribution in [1.29, 1.82) is 0 Å². The Morgan fingerprint density at radius 1 is 0.906 bits per heavy atom. The third-order valence-electron chi connectivity index (χ3n) is 12.2. The molecule has 0 aromatic heterocycles. The number of fused-ring (bicyclic) bond motifs is 2. The summed E-state index contributed by atoms with van der Waals surface area (Å²) in [6, 6.07) is 0. The molecule has 5 saturated carbocycles. The summed E-state index contributed by atoms with van der Waals surface area (Å²) in [6.07, 6.45) is 8.27. The van der Waals surface area contributed by atoms with E-state index < -0.39 is 17.4 Å². The number of halogens is 2. The summed E-state index contributed by atoms with van der Waals surface area (Å²) in [5.74, 6) is -1.64. The Morgan fingerprint density at radius 2 is 1.56 bits per heavy atom. The molecule has 1 aliphatic heterocycles. The molecule has 1 saturated heterocycles. The molecule has 6 fully saturated rings. The molecule has 2 spiro atoms. The third kappa shape index (κ3) is 2.62. The number of hydrogen-bond donors (Lipinski definition) is 2. The fourth-order valence-electron chi connectivity index (χ4n) is 10.7. The SMILES string of the molecule is CC1C2CCC3C4CC(O)C(C5CCC(C(C)(C)O)O5)C4(C)CCC34CC24CCC1(F)F. The molecule has 2 N–H and O–H groups in total. The normalized spacial score (nSPS) is 58.5. The molecule has 0 bridgehead atoms.